The van der Waals surface area contributed by atoms with Crippen molar-refractivity contribution in [2.45, 2.75) is 6.54 Å². The molecular formula is C12H12ClN3O. The molecule has 0 saturated heterocycles. The lowest BCUT2D eigenvalue weighted by Gasteiger charge is -2.08. The van der Waals surface area contributed by atoms with E-state index in [1.807, 2.05) is 24.3 Å². The van der Waals surface area contributed by atoms with Crippen LogP contribution in [0.15, 0.2) is 47.5 Å². The van der Waals surface area contributed by atoms with E-state index < -0.39 is 0 Å². The summed E-state index contributed by atoms with van der Waals surface area (Å²) in [5, 5.41) is 3.84. The first-order valence-electron chi connectivity index (χ1n) is 5.27. The number of benzene rings is 1. The molecule has 88 valence electrons. The number of para-hydroxylation sites is 1. The van der Waals surface area contributed by atoms with Gasteiger partial charge in [0, 0.05) is 25.5 Å². The van der Waals surface area contributed by atoms with Gasteiger partial charge in [-0.15, -0.1) is 0 Å². The van der Waals surface area contributed by atoms with E-state index in [0.29, 0.717) is 18.1 Å². The molecule has 0 spiro atoms. The number of halogens is 1. The Morgan fingerprint density at radius 1 is 1.29 bits per heavy atom. The van der Waals surface area contributed by atoms with E-state index in [2.05, 4.69) is 10.3 Å². The van der Waals surface area contributed by atoms with Crippen molar-refractivity contribution in [1.29, 1.82) is 0 Å². The lowest BCUT2D eigenvalue weighted by Crippen LogP contribution is -2.24. The predicted molar refractivity (Wildman–Crippen MR) is 68.4 cm³/mol. The zero-order chi connectivity index (χ0) is 12.1. The van der Waals surface area contributed by atoms with Crippen LogP contribution in [-0.2, 0) is 6.54 Å². The Bertz CT molecular complexity index is 553. The average molecular weight is 250 g/mol. The molecule has 0 bridgehead atoms. The van der Waals surface area contributed by atoms with Crippen LogP contribution in [0.25, 0.3) is 0 Å². The molecule has 5 heteroatoms. The van der Waals surface area contributed by atoms with Gasteiger partial charge in [0.1, 0.15) is 0 Å². The monoisotopic (exact) mass is 249 g/mol. The minimum atomic E-state index is -0.242. The molecule has 1 N–H and O–H groups in total. The molecule has 0 aliphatic heterocycles. The molecule has 1 aromatic carbocycles. The zero-order valence-electron chi connectivity index (χ0n) is 9.14. The minimum Gasteiger partial charge on any atom is -0.382 e. The standard InChI is InChI=1S/C12H12ClN3O/c13-10-4-1-2-5-11(10)14-7-9-16-8-3-6-15-12(16)17/h1-6,8,14H,7,9H2. The van der Waals surface area contributed by atoms with Gasteiger partial charge in [-0.1, -0.05) is 23.7 Å². The molecule has 0 radical (unpaired) electrons. The molecule has 2 rings (SSSR count). The highest BCUT2D eigenvalue weighted by Gasteiger charge is 1.98. The molecule has 0 saturated carbocycles. The number of nitrogens with one attached hydrogen (secondary N) is 1. The predicted octanol–water partition coefficient (Wildman–Crippen LogP) is 2.01. The lowest BCUT2D eigenvalue weighted by molar-refractivity contribution is 0.674. The third-order valence-corrected chi connectivity index (χ3v) is 2.65. The fraction of sp³-hybridized carbons (Fsp3) is 0.167. The molecule has 0 fully saturated rings. The van der Waals surface area contributed by atoms with E-state index >= 15 is 0 Å². The van der Waals surface area contributed by atoms with Crippen LogP contribution in [0.1, 0.15) is 0 Å². The van der Waals surface area contributed by atoms with E-state index in [-0.39, 0.29) is 5.69 Å². The lowest BCUT2D eigenvalue weighted by atomic mass is 10.3. The first kappa shape index (κ1) is 11.7. The summed E-state index contributed by atoms with van der Waals surface area (Å²) in [6, 6.07) is 9.23. The number of hydrogen-bond acceptors (Lipinski definition) is 3. The highest BCUT2D eigenvalue weighted by atomic mass is 35.5. The Morgan fingerprint density at radius 2 is 2.12 bits per heavy atom. The summed E-state index contributed by atoms with van der Waals surface area (Å²) in [4.78, 5) is 15.0. The van der Waals surface area contributed by atoms with E-state index in [1.165, 1.54) is 6.20 Å². The maximum Gasteiger partial charge on any atom is 0.347 e. The molecular weight excluding hydrogens is 238 g/mol. The second-order valence-electron chi connectivity index (χ2n) is 3.50. The van der Waals surface area contributed by atoms with Gasteiger partial charge in [0.25, 0.3) is 0 Å². The van der Waals surface area contributed by atoms with Crippen molar-refractivity contribution in [3.05, 3.63) is 58.2 Å². The largest absolute Gasteiger partial charge is 0.382 e. The van der Waals surface area contributed by atoms with Gasteiger partial charge in [-0.3, -0.25) is 4.57 Å². The Balaban J connectivity index is 1.95. The quantitative estimate of drug-likeness (QED) is 0.902. The highest BCUT2D eigenvalue weighted by Crippen LogP contribution is 2.19. The van der Waals surface area contributed by atoms with Gasteiger partial charge in [0.2, 0.25) is 0 Å². The molecule has 0 unspecified atom stereocenters. The number of nitrogens with zero attached hydrogens (tertiary/aromatic N) is 2. The van der Waals surface area contributed by atoms with Crippen LogP contribution in [0.4, 0.5) is 5.69 Å². The van der Waals surface area contributed by atoms with Gasteiger partial charge in [0.05, 0.1) is 10.7 Å². The number of aromatic nitrogens is 2. The van der Waals surface area contributed by atoms with Crippen molar-refractivity contribution in [2.75, 3.05) is 11.9 Å². The average Bonchev–Trinajstić information content (AvgIpc) is 2.34. The summed E-state index contributed by atoms with van der Waals surface area (Å²) in [6.45, 7) is 1.17. The maximum absolute atomic E-state index is 11.3. The van der Waals surface area contributed by atoms with E-state index in [0.717, 1.165) is 5.69 Å². The van der Waals surface area contributed by atoms with Crippen molar-refractivity contribution >= 4 is 17.3 Å². The molecule has 4 nitrogen and oxygen atoms in total. The Morgan fingerprint density at radius 3 is 2.88 bits per heavy atom. The molecule has 17 heavy (non-hydrogen) atoms. The normalized spacial score (nSPS) is 10.2. The van der Waals surface area contributed by atoms with E-state index in [4.69, 9.17) is 11.6 Å². The van der Waals surface area contributed by atoms with Crippen LogP contribution < -0.4 is 11.0 Å². The Kier molecular flexibility index (Phi) is 3.77. The highest BCUT2D eigenvalue weighted by molar-refractivity contribution is 6.33. The topological polar surface area (TPSA) is 46.9 Å². The fourth-order valence-electron chi connectivity index (χ4n) is 1.47. The van der Waals surface area contributed by atoms with Crippen molar-refractivity contribution in [1.82, 2.24) is 9.55 Å². The molecule has 0 atom stereocenters. The Hall–Kier alpha value is -1.81. The first-order valence-corrected chi connectivity index (χ1v) is 5.65. The first-order chi connectivity index (χ1) is 8.27. The fourth-order valence-corrected chi connectivity index (χ4v) is 1.68. The van der Waals surface area contributed by atoms with E-state index in [1.54, 1.807) is 16.8 Å². The second kappa shape index (κ2) is 5.50. The minimum absolute atomic E-state index is 0.242. The van der Waals surface area contributed by atoms with Crippen LogP contribution in [0, 0.1) is 0 Å². The Labute approximate surface area is 104 Å². The summed E-state index contributed by atoms with van der Waals surface area (Å²) >= 11 is 5.99. The van der Waals surface area contributed by atoms with Gasteiger partial charge < -0.3 is 5.32 Å². The van der Waals surface area contributed by atoms with Gasteiger partial charge in [0.15, 0.2) is 0 Å². The van der Waals surface area contributed by atoms with Gasteiger partial charge in [-0.2, -0.15) is 0 Å². The van der Waals surface area contributed by atoms with Crippen molar-refractivity contribution in [2.24, 2.45) is 0 Å². The molecule has 0 amide bonds. The van der Waals surface area contributed by atoms with Gasteiger partial charge in [-0.25, -0.2) is 9.78 Å². The molecule has 0 aliphatic rings. The third kappa shape index (κ3) is 3.07. The third-order valence-electron chi connectivity index (χ3n) is 2.32. The SMILES string of the molecule is O=c1ncccn1CCNc1ccccc1Cl. The number of hydrogen-bond donors (Lipinski definition) is 1. The number of rotatable bonds is 4. The molecule has 1 aromatic heterocycles. The van der Waals surface area contributed by atoms with Crippen LogP contribution in [0.5, 0.6) is 0 Å². The van der Waals surface area contributed by atoms with Crippen molar-refractivity contribution < 1.29 is 0 Å². The van der Waals surface area contributed by atoms with Gasteiger partial charge in [-0.05, 0) is 18.2 Å². The van der Waals surface area contributed by atoms with Crippen LogP contribution in [-0.4, -0.2) is 16.1 Å². The maximum atomic E-state index is 11.3. The number of anilines is 1. The van der Waals surface area contributed by atoms with Crippen molar-refractivity contribution in [3.8, 4) is 0 Å². The molecule has 2 aromatic rings. The summed E-state index contributed by atoms with van der Waals surface area (Å²) < 4.78 is 1.55. The summed E-state index contributed by atoms with van der Waals surface area (Å²) in [5.41, 5.74) is 0.625. The molecule has 1 heterocycles. The van der Waals surface area contributed by atoms with Crippen LogP contribution in [0.3, 0.4) is 0 Å². The van der Waals surface area contributed by atoms with Crippen molar-refractivity contribution in [3.63, 3.8) is 0 Å². The van der Waals surface area contributed by atoms with Gasteiger partial charge >= 0.3 is 5.69 Å². The summed E-state index contributed by atoms with van der Waals surface area (Å²) in [6.07, 6.45) is 3.20. The van der Waals surface area contributed by atoms with E-state index in [9.17, 15) is 4.79 Å². The van der Waals surface area contributed by atoms with Crippen LogP contribution in [0.2, 0.25) is 5.02 Å². The zero-order valence-corrected chi connectivity index (χ0v) is 9.89. The smallest absolute Gasteiger partial charge is 0.347 e. The summed E-state index contributed by atoms with van der Waals surface area (Å²) in [7, 11) is 0. The second-order valence-corrected chi connectivity index (χ2v) is 3.91. The summed E-state index contributed by atoms with van der Waals surface area (Å²) in [5.74, 6) is 0. The van der Waals surface area contributed by atoms with Crippen LogP contribution >= 0.6 is 11.6 Å². The molecule has 0 aliphatic carbocycles.